The predicted octanol–water partition coefficient (Wildman–Crippen LogP) is 2.99. The van der Waals surface area contributed by atoms with Gasteiger partial charge in [-0.2, -0.15) is 0 Å². The number of carbonyl (C=O) groups excluding carboxylic acids is 3. The van der Waals surface area contributed by atoms with Crippen molar-refractivity contribution in [3.05, 3.63) is 54.1 Å². The van der Waals surface area contributed by atoms with Crippen LogP contribution >= 0.6 is 0 Å². The van der Waals surface area contributed by atoms with Gasteiger partial charge in [-0.25, -0.2) is 8.78 Å². The molecule has 2 N–H and O–H groups in total. The molecule has 31 heavy (non-hydrogen) atoms. The Balaban J connectivity index is 1.72. The summed E-state index contributed by atoms with van der Waals surface area (Å²) in [5, 5.41) is 5.14. The number of hydrogen-bond donors (Lipinski definition) is 2. The zero-order chi connectivity index (χ0) is 22.7. The van der Waals surface area contributed by atoms with Crippen LogP contribution in [-0.2, 0) is 14.4 Å². The number of amides is 3. The smallest absolute Gasteiger partial charge is 0.241 e. The minimum Gasteiger partial charge on any atom is -0.324 e. The lowest BCUT2D eigenvalue weighted by Gasteiger charge is -2.31. The molecule has 3 amide bonds. The van der Waals surface area contributed by atoms with Gasteiger partial charge in [-0.05, 0) is 45.2 Å². The Morgan fingerprint density at radius 1 is 1.26 bits per heavy atom. The molecule has 0 fully saturated rings. The third-order valence-corrected chi connectivity index (χ3v) is 5.24. The Morgan fingerprint density at radius 3 is 2.71 bits per heavy atom. The average molecular weight is 430 g/mol. The van der Waals surface area contributed by atoms with Gasteiger partial charge in [-0.1, -0.05) is 12.1 Å². The van der Waals surface area contributed by atoms with Gasteiger partial charge >= 0.3 is 0 Å². The van der Waals surface area contributed by atoms with Gasteiger partial charge in [-0.3, -0.25) is 19.3 Å². The van der Waals surface area contributed by atoms with E-state index in [1.807, 2.05) is 0 Å². The van der Waals surface area contributed by atoms with E-state index < -0.39 is 23.6 Å². The quantitative estimate of drug-likeness (QED) is 0.764. The summed E-state index contributed by atoms with van der Waals surface area (Å²) in [4.78, 5) is 40.8. The lowest BCUT2D eigenvalue weighted by molar-refractivity contribution is -0.123. The number of carbonyl (C=O) groups is 3. The van der Waals surface area contributed by atoms with Crippen molar-refractivity contribution in [1.29, 1.82) is 0 Å². The molecule has 0 saturated heterocycles. The van der Waals surface area contributed by atoms with Crippen molar-refractivity contribution in [3.63, 3.8) is 0 Å². The van der Waals surface area contributed by atoms with E-state index in [1.165, 1.54) is 4.90 Å². The number of fused-ring (bicyclic) bond motifs is 1. The van der Waals surface area contributed by atoms with Crippen LogP contribution in [0.15, 0.2) is 42.5 Å². The topological polar surface area (TPSA) is 81.8 Å². The number of likely N-dealkylation sites (N-methyl/N-ethyl adjacent to an activating group) is 1. The molecule has 0 aliphatic carbocycles. The highest BCUT2D eigenvalue weighted by atomic mass is 19.1. The first-order valence-corrected chi connectivity index (χ1v) is 9.84. The zero-order valence-corrected chi connectivity index (χ0v) is 17.5. The first-order chi connectivity index (χ1) is 14.7. The Morgan fingerprint density at radius 2 is 1.97 bits per heavy atom. The van der Waals surface area contributed by atoms with Crippen molar-refractivity contribution in [2.45, 2.75) is 32.4 Å². The van der Waals surface area contributed by atoms with E-state index in [-0.39, 0.29) is 36.5 Å². The van der Waals surface area contributed by atoms with Crippen LogP contribution in [0.3, 0.4) is 0 Å². The second-order valence-corrected chi connectivity index (χ2v) is 7.59. The average Bonchev–Trinajstić information content (AvgIpc) is 2.84. The highest BCUT2D eigenvalue weighted by Crippen LogP contribution is 2.31. The van der Waals surface area contributed by atoms with Crippen molar-refractivity contribution >= 4 is 34.8 Å². The Kier molecular flexibility index (Phi) is 6.65. The van der Waals surface area contributed by atoms with E-state index in [1.54, 1.807) is 50.1 Å². The summed E-state index contributed by atoms with van der Waals surface area (Å²) in [6.45, 7) is 3.22. The molecular formula is C22H24F2N4O3. The van der Waals surface area contributed by atoms with Crippen molar-refractivity contribution in [1.82, 2.24) is 4.90 Å². The number of para-hydroxylation sites is 2. The number of nitrogens with one attached hydrogen (secondary N) is 2. The second kappa shape index (κ2) is 9.22. The third kappa shape index (κ3) is 5.05. The lowest BCUT2D eigenvalue weighted by atomic mass is 10.1. The molecule has 2 atom stereocenters. The van der Waals surface area contributed by atoms with Gasteiger partial charge in [0.25, 0.3) is 0 Å². The van der Waals surface area contributed by atoms with Gasteiger partial charge in [0.1, 0.15) is 11.6 Å². The van der Waals surface area contributed by atoms with Crippen molar-refractivity contribution in [3.8, 4) is 0 Å². The maximum Gasteiger partial charge on any atom is 0.241 e. The first-order valence-electron chi connectivity index (χ1n) is 9.84. The molecule has 0 aromatic heterocycles. The Bertz CT molecular complexity index is 1010. The third-order valence-electron chi connectivity index (χ3n) is 5.24. The molecule has 9 heteroatoms. The lowest BCUT2D eigenvalue weighted by Crippen LogP contribution is -2.48. The highest BCUT2D eigenvalue weighted by molar-refractivity contribution is 6.05. The summed E-state index contributed by atoms with van der Waals surface area (Å²) in [7, 11) is 1.59. The van der Waals surface area contributed by atoms with E-state index in [9.17, 15) is 23.2 Å². The molecule has 2 aromatic carbocycles. The maximum absolute atomic E-state index is 13.8. The predicted molar refractivity (Wildman–Crippen MR) is 114 cm³/mol. The fourth-order valence-electron chi connectivity index (χ4n) is 3.42. The van der Waals surface area contributed by atoms with Crippen LogP contribution in [0, 0.1) is 11.6 Å². The van der Waals surface area contributed by atoms with Crippen LogP contribution in [-0.4, -0.2) is 48.3 Å². The number of halogens is 2. The van der Waals surface area contributed by atoms with Gasteiger partial charge < -0.3 is 15.5 Å². The molecular weight excluding hydrogens is 406 g/mol. The summed E-state index contributed by atoms with van der Waals surface area (Å²) in [6.07, 6.45) is 0.138. The van der Waals surface area contributed by atoms with Crippen LogP contribution < -0.4 is 15.5 Å². The molecule has 164 valence electrons. The molecule has 0 spiro atoms. The highest BCUT2D eigenvalue weighted by Gasteiger charge is 2.31. The molecule has 0 unspecified atom stereocenters. The van der Waals surface area contributed by atoms with Gasteiger partial charge in [0.05, 0.1) is 29.6 Å². The van der Waals surface area contributed by atoms with E-state index in [4.69, 9.17) is 0 Å². The summed E-state index contributed by atoms with van der Waals surface area (Å²) in [6, 6.07) is 8.61. The van der Waals surface area contributed by atoms with Crippen LogP contribution in [0.25, 0.3) is 0 Å². The van der Waals surface area contributed by atoms with Crippen molar-refractivity contribution < 1.29 is 23.2 Å². The number of nitrogens with zero attached hydrogens (tertiary/aromatic N) is 2. The summed E-state index contributed by atoms with van der Waals surface area (Å²) in [5.41, 5.74) is 0.856. The van der Waals surface area contributed by atoms with Gasteiger partial charge in [0.2, 0.25) is 17.7 Å². The summed E-state index contributed by atoms with van der Waals surface area (Å²) in [5.74, 6) is -2.50. The molecule has 2 aromatic rings. The summed E-state index contributed by atoms with van der Waals surface area (Å²) >= 11 is 0. The molecule has 1 heterocycles. The molecule has 0 bridgehead atoms. The largest absolute Gasteiger partial charge is 0.324 e. The van der Waals surface area contributed by atoms with Gasteiger partial charge in [0.15, 0.2) is 0 Å². The maximum atomic E-state index is 13.8. The van der Waals surface area contributed by atoms with E-state index in [2.05, 4.69) is 10.6 Å². The van der Waals surface area contributed by atoms with Crippen LogP contribution in [0.2, 0.25) is 0 Å². The molecule has 7 nitrogen and oxygen atoms in total. The number of hydrogen-bond acceptors (Lipinski definition) is 4. The van der Waals surface area contributed by atoms with Crippen molar-refractivity contribution in [2.75, 3.05) is 29.1 Å². The molecule has 0 saturated carbocycles. The minimum atomic E-state index is -0.802. The van der Waals surface area contributed by atoms with E-state index >= 15 is 0 Å². The fraction of sp³-hybridized carbons (Fsp3) is 0.318. The zero-order valence-electron chi connectivity index (χ0n) is 17.5. The summed E-state index contributed by atoms with van der Waals surface area (Å²) < 4.78 is 27.2. The monoisotopic (exact) mass is 430 g/mol. The number of anilines is 3. The molecule has 3 rings (SSSR count). The SMILES string of the molecule is C[C@@H]1CC(=O)Nc2ccccc2N1C(=O)CN(C)[C@@H](C)C(=O)Nc1cc(F)ccc1F. The second-order valence-electron chi connectivity index (χ2n) is 7.59. The van der Waals surface area contributed by atoms with Crippen LogP contribution in [0.1, 0.15) is 20.3 Å². The van der Waals surface area contributed by atoms with Crippen LogP contribution in [0.4, 0.5) is 25.8 Å². The molecule has 1 aliphatic heterocycles. The van der Waals surface area contributed by atoms with E-state index in [0.717, 1.165) is 18.2 Å². The number of rotatable bonds is 5. The van der Waals surface area contributed by atoms with Gasteiger partial charge in [0, 0.05) is 18.5 Å². The number of benzene rings is 2. The first kappa shape index (κ1) is 22.4. The Hall–Kier alpha value is -3.33. The molecule has 0 radical (unpaired) electrons. The van der Waals surface area contributed by atoms with Gasteiger partial charge in [-0.15, -0.1) is 0 Å². The van der Waals surface area contributed by atoms with Crippen molar-refractivity contribution in [2.24, 2.45) is 0 Å². The van der Waals surface area contributed by atoms with Crippen LogP contribution in [0.5, 0.6) is 0 Å². The fourth-order valence-corrected chi connectivity index (χ4v) is 3.42. The van der Waals surface area contributed by atoms with E-state index in [0.29, 0.717) is 11.4 Å². The standard InChI is InChI=1S/C22H24F2N4O3/c1-13-10-20(29)25-17-6-4-5-7-19(17)28(13)21(30)12-27(3)14(2)22(31)26-18-11-15(23)8-9-16(18)24/h4-9,11,13-14H,10,12H2,1-3H3,(H,25,29)(H,26,31)/t13-,14+/m1/s1. The molecule has 1 aliphatic rings. The normalized spacial score (nSPS) is 16.9. The minimum absolute atomic E-state index is 0.118. The Labute approximate surface area is 179 Å².